The summed E-state index contributed by atoms with van der Waals surface area (Å²) in [5.41, 5.74) is -1.57. The quantitative estimate of drug-likeness (QED) is 0.669. The van der Waals surface area contributed by atoms with Gasteiger partial charge in [0.05, 0.1) is 11.1 Å². The molecular weight excluding hydrogens is 259 g/mol. The Labute approximate surface area is 96.6 Å². The van der Waals surface area contributed by atoms with Gasteiger partial charge >= 0.3 is 6.18 Å². The van der Waals surface area contributed by atoms with E-state index in [0.29, 0.717) is 0 Å². The first-order valence-electron chi connectivity index (χ1n) is 4.70. The topological polar surface area (TPSA) is 45.8 Å². The molecule has 0 bridgehead atoms. The van der Waals surface area contributed by atoms with Crippen LogP contribution in [0, 0.1) is 11.6 Å². The lowest BCUT2D eigenvalue weighted by Crippen LogP contribution is -2.12. The average molecular weight is 264 g/mol. The van der Waals surface area contributed by atoms with Crippen LogP contribution in [0.25, 0.3) is 11.0 Å². The molecule has 0 saturated heterocycles. The van der Waals surface area contributed by atoms with E-state index in [1.807, 2.05) is 0 Å². The number of H-pyrrole nitrogens is 1. The van der Waals surface area contributed by atoms with Gasteiger partial charge in [-0.15, -0.1) is 0 Å². The summed E-state index contributed by atoms with van der Waals surface area (Å²) in [6, 6.07) is 0.731. The number of carbonyl (C=O) groups is 1. The van der Waals surface area contributed by atoms with Crippen molar-refractivity contribution in [2.24, 2.45) is 0 Å². The summed E-state index contributed by atoms with van der Waals surface area (Å²) in [6.07, 6.45) is -5.96. The highest BCUT2D eigenvalue weighted by Crippen LogP contribution is 2.25. The largest absolute Gasteiger partial charge is 0.396 e. The summed E-state index contributed by atoms with van der Waals surface area (Å²) in [5, 5.41) is 0. The van der Waals surface area contributed by atoms with Crippen molar-refractivity contribution in [1.82, 2.24) is 9.97 Å². The van der Waals surface area contributed by atoms with Gasteiger partial charge < -0.3 is 4.98 Å². The number of carbonyl (C=O) groups excluding carboxylic acids is 1. The van der Waals surface area contributed by atoms with Crippen LogP contribution in [-0.4, -0.2) is 22.4 Å². The van der Waals surface area contributed by atoms with Crippen LogP contribution in [0.3, 0.4) is 0 Å². The summed E-state index contributed by atoms with van der Waals surface area (Å²) < 4.78 is 63.1. The van der Waals surface area contributed by atoms with Gasteiger partial charge in [0.1, 0.15) is 23.6 Å². The summed E-state index contributed by atoms with van der Waals surface area (Å²) in [5.74, 6) is -2.97. The van der Waals surface area contributed by atoms with E-state index >= 15 is 0 Å². The van der Waals surface area contributed by atoms with Crippen molar-refractivity contribution < 1.29 is 26.7 Å². The van der Waals surface area contributed by atoms with E-state index in [1.165, 1.54) is 0 Å². The van der Waals surface area contributed by atoms with Gasteiger partial charge in [0.25, 0.3) is 0 Å². The van der Waals surface area contributed by atoms with Gasteiger partial charge in [-0.3, -0.25) is 4.79 Å². The number of aromatic amines is 1. The highest BCUT2D eigenvalue weighted by Gasteiger charge is 2.30. The van der Waals surface area contributed by atoms with Crippen LogP contribution < -0.4 is 0 Å². The first-order chi connectivity index (χ1) is 8.31. The molecule has 18 heavy (non-hydrogen) atoms. The van der Waals surface area contributed by atoms with Gasteiger partial charge in [-0.2, -0.15) is 13.2 Å². The van der Waals surface area contributed by atoms with Crippen molar-refractivity contribution in [3.8, 4) is 0 Å². The second-order valence-electron chi connectivity index (χ2n) is 3.58. The Balaban J connectivity index is 2.58. The number of nitrogens with one attached hydrogen (secondary N) is 1. The Bertz CT molecular complexity index is 617. The number of alkyl halides is 3. The number of fused-ring (bicyclic) bond motifs is 1. The van der Waals surface area contributed by atoms with Crippen molar-refractivity contribution >= 4 is 17.3 Å². The van der Waals surface area contributed by atoms with Crippen molar-refractivity contribution in [3.05, 3.63) is 29.1 Å². The number of benzene rings is 1. The highest BCUT2D eigenvalue weighted by atomic mass is 19.4. The van der Waals surface area contributed by atoms with Crippen LogP contribution in [0.2, 0.25) is 0 Å². The van der Waals surface area contributed by atoms with Gasteiger partial charge in [-0.25, -0.2) is 13.8 Å². The van der Waals surface area contributed by atoms with E-state index in [2.05, 4.69) is 9.97 Å². The fourth-order valence-electron chi connectivity index (χ4n) is 1.53. The fourth-order valence-corrected chi connectivity index (χ4v) is 1.53. The molecule has 1 aromatic heterocycles. The molecule has 0 amide bonds. The van der Waals surface area contributed by atoms with Gasteiger partial charge in [-0.05, 0) is 0 Å². The van der Waals surface area contributed by atoms with Crippen molar-refractivity contribution in [2.45, 2.75) is 12.6 Å². The van der Waals surface area contributed by atoms with Crippen LogP contribution in [0.5, 0.6) is 0 Å². The highest BCUT2D eigenvalue weighted by molar-refractivity contribution is 5.86. The Morgan fingerprint density at radius 3 is 2.56 bits per heavy atom. The minimum Gasteiger partial charge on any atom is -0.342 e. The van der Waals surface area contributed by atoms with Crippen LogP contribution in [0.1, 0.15) is 16.2 Å². The summed E-state index contributed by atoms with van der Waals surface area (Å²) >= 11 is 0. The molecule has 8 heteroatoms. The summed E-state index contributed by atoms with van der Waals surface area (Å²) in [6.45, 7) is 0. The molecule has 1 N–H and O–H groups in total. The van der Waals surface area contributed by atoms with Crippen LogP contribution in [-0.2, 0) is 6.42 Å². The molecule has 0 fully saturated rings. The molecule has 0 atom stereocenters. The first-order valence-corrected chi connectivity index (χ1v) is 4.70. The number of aldehydes is 1. The summed E-state index contributed by atoms with van der Waals surface area (Å²) in [7, 11) is 0. The molecule has 0 aliphatic heterocycles. The molecule has 2 rings (SSSR count). The SMILES string of the molecule is O=Cc1c(F)cc2[nH]c(CC(F)(F)F)nc2c1F. The lowest BCUT2D eigenvalue weighted by Gasteiger charge is -2.01. The molecule has 0 spiro atoms. The van der Waals surface area contributed by atoms with Crippen LogP contribution in [0.4, 0.5) is 22.0 Å². The number of rotatable bonds is 2. The third-order valence-corrected chi connectivity index (χ3v) is 2.24. The second kappa shape index (κ2) is 4.04. The van der Waals surface area contributed by atoms with Gasteiger partial charge in [0.2, 0.25) is 0 Å². The molecular formula is C10H5F5N2O. The van der Waals surface area contributed by atoms with Gasteiger partial charge in [-0.1, -0.05) is 0 Å². The minimum absolute atomic E-state index is 0.0534. The molecule has 0 radical (unpaired) electrons. The average Bonchev–Trinajstić information content (AvgIpc) is 2.58. The smallest absolute Gasteiger partial charge is 0.342 e. The number of hydrogen-bond donors (Lipinski definition) is 1. The molecule has 1 heterocycles. The van der Waals surface area contributed by atoms with Crippen LogP contribution >= 0.6 is 0 Å². The maximum absolute atomic E-state index is 13.5. The molecule has 0 unspecified atom stereocenters. The minimum atomic E-state index is -4.52. The van der Waals surface area contributed by atoms with E-state index < -0.39 is 41.1 Å². The maximum Gasteiger partial charge on any atom is 0.396 e. The van der Waals surface area contributed by atoms with Crippen molar-refractivity contribution in [1.29, 1.82) is 0 Å². The van der Waals surface area contributed by atoms with E-state index in [9.17, 15) is 26.7 Å². The second-order valence-corrected chi connectivity index (χ2v) is 3.58. The van der Waals surface area contributed by atoms with Gasteiger partial charge in [0, 0.05) is 6.07 Å². The normalized spacial score (nSPS) is 12.1. The molecule has 0 aliphatic carbocycles. The predicted octanol–water partition coefficient (Wildman–Crippen LogP) is 2.76. The lowest BCUT2D eigenvalue weighted by atomic mass is 10.2. The van der Waals surface area contributed by atoms with Crippen molar-refractivity contribution in [2.75, 3.05) is 0 Å². The zero-order valence-electron chi connectivity index (χ0n) is 8.61. The predicted molar refractivity (Wildman–Crippen MR) is 51.2 cm³/mol. The lowest BCUT2D eigenvalue weighted by molar-refractivity contribution is -0.128. The van der Waals surface area contributed by atoms with E-state index in [0.717, 1.165) is 6.07 Å². The number of aromatic nitrogens is 2. The summed E-state index contributed by atoms with van der Waals surface area (Å²) in [4.78, 5) is 16.0. The molecule has 3 nitrogen and oxygen atoms in total. The van der Waals surface area contributed by atoms with Crippen molar-refractivity contribution in [3.63, 3.8) is 0 Å². The Morgan fingerprint density at radius 1 is 1.33 bits per heavy atom. The first kappa shape index (κ1) is 12.5. The Hall–Kier alpha value is -1.99. The molecule has 0 saturated carbocycles. The molecule has 0 aliphatic rings. The third kappa shape index (κ3) is 2.18. The third-order valence-electron chi connectivity index (χ3n) is 2.24. The number of imidazole rings is 1. The van der Waals surface area contributed by atoms with E-state index in [1.54, 1.807) is 0 Å². The molecule has 96 valence electrons. The van der Waals surface area contributed by atoms with Crippen LogP contribution in [0.15, 0.2) is 6.07 Å². The Kier molecular flexibility index (Phi) is 2.80. The maximum atomic E-state index is 13.5. The monoisotopic (exact) mass is 264 g/mol. The number of halogens is 5. The van der Waals surface area contributed by atoms with E-state index in [-0.39, 0.29) is 11.8 Å². The number of hydrogen-bond acceptors (Lipinski definition) is 2. The van der Waals surface area contributed by atoms with E-state index in [4.69, 9.17) is 0 Å². The number of nitrogens with zero attached hydrogens (tertiary/aromatic N) is 1. The molecule has 2 aromatic rings. The standard InChI is InChI=1S/C10H5F5N2O/c11-5-1-6-9(8(12)4(5)3-18)17-7(16-6)2-10(13,14)15/h1,3H,2H2,(H,16,17). The molecule has 1 aromatic carbocycles. The van der Waals surface area contributed by atoms with Gasteiger partial charge in [0.15, 0.2) is 12.1 Å². The fraction of sp³-hybridized carbons (Fsp3) is 0.200. The zero-order valence-corrected chi connectivity index (χ0v) is 8.61. The Morgan fingerprint density at radius 2 is 2.00 bits per heavy atom. The zero-order chi connectivity index (χ0) is 13.5.